The molecule has 1 saturated carbocycles. The fourth-order valence-corrected chi connectivity index (χ4v) is 1.81. The van der Waals surface area contributed by atoms with Gasteiger partial charge >= 0.3 is 0 Å². The smallest absolute Gasteiger partial charge is 0.184 e. The Bertz CT molecular complexity index is 527. The first-order valence-corrected chi connectivity index (χ1v) is 5.40. The van der Waals surface area contributed by atoms with Crippen molar-refractivity contribution in [1.29, 1.82) is 0 Å². The lowest BCUT2D eigenvalue weighted by atomic mass is 10.1. The van der Waals surface area contributed by atoms with Crippen molar-refractivity contribution in [3.05, 3.63) is 23.8 Å². The zero-order chi connectivity index (χ0) is 11.1. The molecule has 0 spiro atoms. The Kier molecular flexibility index (Phi) is 1.92. The number of hydrogen-bond acceptors (Lipinski definition) is 4. The number of tetrazole rings is 1. The van der Waals surface area contributed by atoms with E-state index in [4.69, 9.17) is 5.73 Å². The molecule has 0 unspecified atom stereocenters. The molecule has 0 aliphatic heterocycles. The summed E-state index contributed by atoms with van der Waals surface area (Å²) in [6.07, 6.45) is 2.31. The highest BCUT2D eigenvalue weighted by molar-refractivity contribution is 5.74. The van der Waals surface area contributed by atoms with Gasteiger partial charge in [-0.15, -0.1) is 5.10 Å². The second kappa shape index (κ2) is 3.30. The van der Waals surface area contributed by atoms with Crippen LogP contribution in [0.4, 0.5) is 5.69 Å². The van der Waals surface area contributed by atoms with Gasteiger partial charge in [-0.25, -0.2) is 4.68 Å². The molecule has 0 bridgehead atoms. The molecule has 1 heterocycles. The first-order valence-electron chi connectivity index (χ1n) is 5.40. The third-order valence-corrected chi connectivity index (χ3v) is 2.95. The second-order valence-corrected chi connectivity index (χ2v) is 4.21. The molecular weight excluding hydrogens is 202 g/mol. The molecule has 1 aliphatic rings. The van der Waals surface area contributed by atoms with Gasteiger partial charge in [0.15, 0.2) is 5.82 Å². The maximum atomic E-state index is 6.05. The molecule has 1 aromatic heterocycles. The average molecular weight is 215 g/mol. The molecule has 1 aromatic carbocycles. The van der Waals surface area contributed by atoms with Crippen molar-refractivity contribution in [2.45, 2.75) is 25.8 Å². The summed E-state index contributed by atoms with van der Waals surface area (Å²) in [4.78, 5) is 0. The fourth-order valence-electron chi connectivity index (χ4n) is 1.81. The van der Waals surface area contributed by atoms with Gasteiger partial charge in [-0.1, -0.05) is 12.1 Å². The van der Waals surface area contributed by atoms with Gasteiger partial charge in [0.25, 0.3) is 0 Å². The summed E-state index contributed by atoms with van der Waals surface area (Å²) in [5.74, 6) is 0.781. The second-order valence-electron chi connectivity index (χ2n) is 4.21. The minimum Gasteiger partial charge on any atom is -0.398 e. The lowest BCUT2D eigenvalue weighted by molar-refractivity contribution is 0.615. The van der Waals surface area contributed by atoms with Crippen molar-refractivity contribution in [3.8, 4) is 11.4 Å². The van der Waals surface area contributed by atoms with Crippen LogP contribution in [0.5, 0.6) is 0 Å². The van der Waals surface area contributed by atoms with Crippen LogP contribution < -0.4 is 5.73 Å². The summed E-state index contributed by atoms with van der Waals surface area (Å²) < 4.78 is 1.88. The highest BCUT2D eigenvalue weighted by atomic mass is 15.6. The number of nitrogens with zero attached hydrogens (tertiary/aromatic N) is 4. The van der Waals surface area contributed by atoms with Gasteiger partial charge in [-0.2, -0.15) is 0 Å². The Balaban J connectivity index is 2.14. The van der Waals surface area contributed by atoms with E-state index in [1.807, 2.05) is 29.8 Å². The largest absolute Gasteiger partial charge is 0.398 e. The molecule has 0 saturated heterocycles. The summed E-state index contributed by atoms with van der Waals surface area (Å²) >= 11 is 0. The lowest BCUT2D eigenvalue weighted by Crippen LogP contribution is -2.02. The third-order valence-electron chi connectivity index (χ3n) is 2.95. The van der Waals surface area contributed by atoms with Crippen LogP contribution >= 0.6 is 0 Å². The number of nitrogens with two attached hydrogens (primary N) is 1. The highest BCUT2D eigenvalue weighted by Crippen LogP contribution is 2.37. The van der Waals surface area contributed by atoms with Crippen molar-refractivity contribution >= 4 is 5.69 Å². The van der Waals surface area contributed by atoms with Gasteiger partial charge in [0.05, 0.1) is 6.04 Å². The Morgan fingerprint density at radius 2 is 2.19 bits per heavy atom. The van der Waals surface area contributed by atoms with Crippen molar-refractivity contribution in [3.63, 3.8) is 0 Å². The van der Waals surface area contributed by atoms with E-state index in [0.717, 1.165) is 35.5 Å². The van der Waals surface area contributed by atoms with Crippen LogP contribution in [-0.4, -0.2) is 20.2 Å². The third kappa shape index (κ3) is 1.36. The summed E-state index contributed by atoms with van der Waals surface area (Å²) in [6, 6.07) is 6.40. The Hall–Kier alpha value is -1.91. The molecule has 0 radical (unpaired) electrons. The SMILES string of the molecule is Cc1cccc(-c2nnnn2C2CC2)c1N. The summed E-state index contributed by atoms with van der Waals surface area (Å²) in [7, 11) is 0. The Morgan fingerprint density at radius 1 is 1.38 bits per heavy atom. The van der Waals surface area contributed by atoms with Crippen molar-refractivity contribution in [1.82, 2.24) is 20.2 Å². The maximum Gasteiger partial charge on any atom is 0.184 e. The molecule has 16 heavy (non-hydrogen) atoms. The molecular formula is C11H13N5. The van der Waals surface area contributed by atoms with Crippen LogP contribution in [0.2, 0.25) is 0 Å². The molecule has 1 fully saturated rings. The standard InChI is InChI=1S/C11H13N5/c1-7-3-2-4-9(10(7)12)11-13-14-15-16(11)8-5-6-8/h2-4,8H,5-6,12H2,1H3. The number of para-hydroxylation sites is 1. The predicted molar refractivity (Wildman–Crippen MR) is 60.7 cm³/mol. The normalized spacial score (nSPS) is 15.3. The van der Waals surface area contributed by atoms with Gasteiger partial charge in [0, 0.05) is 11.3 Å². The zero-order valence-corrected chi connectivity index (χ0v) is 9.09. The Labute approximate surface area is 93.3 Å². The van der Waals surface area contributed by atoms with Crippen molar-refractivity contribution in [2.24, 2.45) is 0 Å². The topological polar surface area (TPSA) is 69.6 Å². The molecule has 0 amide bonds. The van der Waals surface area contributed by atoms with Crippen LogP contribution in [0.15, 0.2) is 18.2 Å². The minimum absolute atomic E-state index is 0.463. The number of aromatic nitrogens is 4. The molecule has 3 rings (SSSR count). The van der Waals surface area contributed by atoms with E-state index in [2.05, 4.69) is 15.5 Å². The van der Waals surface area contributed by atoms with Gasteiger partial charge in [0.2, 0.25) is 0 Å². The average Bonchev–Trinajstić information content (AvgIpc) is 3.01. The molecule has 0 atom stereocenters. The van der Waals surface area contributed by atoms with E-state index in [9.17, 15) is 0 Å². The molecule has 2 N–H and O–H groups in total. The summed E-state index contributed by atoms with van der Waals surface area (Å²) in [6.45, 7) is 1.99. The molecule has 1 aliphatic carbocycles. The highest BCUT2D eigenvalue weighted by Gasteiger charge is 2.28. The fraction of sp³-hybridized carbons (Fsp3) is 0.364. The lowest BCUT2D eigenvalue weighted by Gasteiger charge is -2.07. The van der Waals surface area contributed by atoms with E-state index in [1.54, 1.807) is 0 Å². The summed E-state index contributed by atoms with van der Waals surface area (Å²) in [5, 5.41) is 11.8. The van der Waals surface area contributed by atoms with Crippen LogP contribution in [0.1, 0.15) is 24.4 Å². The van der Waals surface area contributed by atoms with Gasteiger partial charge in [-0.3, -0.25) is 0 Å². The van der Waals surface area contributed by atoms with Crippen molar-refractivity contribution in [2.75, 3.05) is 5.73 Å². The van der Waals surface area contributed by atoms with E-state index >= 15 is 0 Å². The molecule has 5 nitrogen and oxygen atoms in total. The first kappa shape index (κ1) is 9.33. The van der Waals surface area contributed by atoms with E-state index < -0.39 is 0 Å². The zero-order valence-electron chi connectivity index (χ0n) is 9.09. The van der Waals surface area contributed by atoms with Gasteiger partial charge in [0.1, 0.15) is 0 Å². The Morgan fingerprint density at radius 3 is 2.94 bits per heavy atom. The number of hydrogen-bond donors (Lipinski definition) is 1. The number of benzene rings is 1. The van der Waals surface area contributed by atoms with Crippen LogP contribution in [0.25, 0.3) is 11.4 Å². The van der Waals surface area contributed by atoms with E-state index in [0.29, 0.717) is 6.04 Å². The predicted octanol–water partition coefficient (Wildman–Crippen LogP) is 1.57. The number of anilines is 1. The minimum atomic E-state index is 0.463. The molecule has 82 valence electrons. The molecule has 2 aromatic rings. The number of aryl methyl sites for hydroxylation is 1. The van der Waals surface area contributed by atoms with Crippen LogP contribution in [0.3, 0.4) is 0 Å². The van der Waals surface area contributed by atoms with Crippen LogP contribution in [0, 0.1) is 6.92 Å². The number of rotatable bonds is 2. The van der Waals surface area contributed by atoms with E-state index in [1.165, 1.54) is 0 Å². The van der Waals surface area contributed by atoms with Crippen molar-refractivity contribution < 1.29 is 0 Å². The maximum absolute atomic E-state index is 6.05. The van der Waals surface area contributed by atoms with Gasteiger partial charge < -0.3 is 5.73 Å². The number of nitrogen functional groups attached to an aromatic ring is 1. The quantitative estimate of drug-likeness (QED) is 0.772. The van der Waals surface area contributed by atoms with E-state index in [-0.39, 0.29) is 0 Å². The first-order chi connectivity index (χ1) is 7.77. The monoisotopic (exact) mass is 215 g/mol. The summed E-state index contributed by atoms with van der Waals surface area (Å²) in [5.41, 5.74) is 8.80. The van der Waals surface area contributed by atoms with Gasteiger partial charge in [-0.05, 0) is 41.8 Å². The van der Waals surface area contributed by atoms with Crippen LogP contribution in [-0.2, 0) is 0 Å². The molecule has 5 heteroatoms.